The van der Waals surface area contributed by atoms with E-state index in [4.69, 9.17) is 26.1 Å². The van der Waals surface area contributed by atoms with Crippen molar-refractivity contribution >= 4 is 11.6 Å². The van der Waals surface area contributed by atoms with Crippen molar-refractivity contribution in [3.63, 3.8) is 0 Å². The van der Waals surface area contributed by atoms with Crippen molar-refractivity contribution in [2.24, 2.45) is 5.92 Å². The van der Waals surface area contributed by atoms with Crippen LogP contribution < -0.4 is 14.8 Å². The maximum atomic E-state index is 13.7. The first-order chi connectivity index (χ1) is 18.1. The summed E-state index contributed by atoms with van der Waals surface area (Å²) in [6.45, 7) is 2.24. The van der Waals surface area contributed by atoms with Gasteiger partial charge in [0.25, 0.3) is 0 Å². The lowest BCUT2D eigenvalue weighted by molar-refractivity contribution is 0.407. The summed E-state index contributed by atoms with van der Waals surface area (Å²) in [5.74, 6) is 1.91. The van der Waals surface area contributed by atoms with Crippen molar-refractivity contribution in [2.75, 3.05) is 20.8 Å². The van der Waals surface area contributed by atoms with Crippen molar-refractivity contribution in [1.82, 2.24) is 19.9 Å². The quantitative estimate of drug-likeness (QED) is 0.259. The Morgan fingerprint density at radius 1 is 1.08 bits per heavy atom. The topological polar surface area (TPSA) is 61.2 Å². The number of hydrogen-bond acceptors (Lipinski definition) is 5. The molecule has 2 aromatic heterocycles. The second-order valence-corrected chi connectivity index (χ2v) is 9.78. The molecular formula is C29H30ClFN4O2. The SMILES string of the molecule is COc1cc(CNCC(c2ccc(OC)c(-c3ccc(F)c(Cl)c3)n2)C2CC2)ccc1Cn1ccnc1. The third-order valence-electron chi connectivity index (χ3n) is 6.82. The highest BCUT2D eigenvalue weighted by Crippen LogP contribution is 2.43. The molecule has 8 heteroatoms. The van der Waals surface area contributed by atoms with E-state index in [1.165, 1.54) is 18.9 Å². The van der Waals surface area contributed by atoms with E-state index in [1.807, 2.05) is 22.9 Å². The van der Waals surface area contributed by atoms with Gasteiger partial charge < -0.3 is 19.4 Å². The van der Waals surface area contributed by atoms with Crippen LogP contribution in [0.5, 0.6) is 11.5 Å². The van der Waals surface area contributed by atoms with Gasteiger partial charge in [-0.15, -0.1) is 0 Å². The molecule has 1 saturated carbocycles. The number of benzene rings is 2. The number of pyridine rings is 1. The number of hydrogen-bond donors (Lipinski definition) is 1. The van der Waals surface area contributed by atoms with Gasteiger partial charge in [-0.3, -0.25) is 0 Å². The maximum Gasteiger partial charge on any atom is 0.145 e. The molecule has 1 N–H and O–H groups in total. The summed E-state index contributed by atoms with van der Waals surface area (Å²) < 4.78 is 27.0. The van der Waals surface area contributed by atoms with E-state index in [0.717, 1.165) is 41.2 Å². The van der Waals surface area contributed by atoms with Crippen LogP contribution in [0.4, 0.5) is 4.39 Å². The van der Waals surface area contributed by atoms with Gasteiger partial charge in [-0.05, 0) is 60.7 Å². The van der Waals surface area contributed by atoms with E-state index in [-0.39, 0.29) is 10.9 Å². The number of rotatable bonds is 11. The lowest BCUT2D eigenvalue weighted by Gasteiger charge is -2.19. The predicted molar refractivity (Wildman–Crippen MR) is 143 cm³/mol. The second kappa shape index (κ2) is 11.3. The molecule has 37 heavy (non-hydrogen) atoms. The van der Waals surface area contributed by atoms with E-state index in [1.54, 1.807) is 38.9 Å². The molecule has 1 aliphatic carbocycles. The number of aromatic nitrogens is 3. The molecule has 0 amide bonds. The molecule has 0 bridgehead atoms. The highest BCUT2D eigenvalue weighted by molar-refractivity contribution is 6.31. The zero-order valence-corrected chi connectivity index (χ0v) is 21.7. The van der Waals surface area contributed by atoms with Crippen LogP contribution in [0, 0.1) is 11.7 Å². The Labute approximate surface area is 221 Å². The van der Waals surface area contributed by atoms with Crippen molar-refractivity contribution in [1.29, 1.82) is 0 Å². The average molecular weight is 521 g/mol. The number of nitrogens with zero attached hydrogens (tertiary/aromatic N) is 3. The number of imidazole rings is 1. The normalized spacial score (nSPS) is 13.9. The first-order valence-corrected chi connectivity index (χ1v) is 12.8. The van der Waals surface area contributed by atoms with Crippen molar-refractivity contribution in [3.8, 4) is 22.8 Å². The van der Waals surface area contributed by atoms with Gasteiger partial charge in [0.2, 0.25) is 0 Å². The number of ether oxygens (including phenoxy) is 2. The highest BCUT2D eigenvalue weighted by atomic mass is 35.5. The summed E-state index contributed by atoms with van der Waals surface area (Å²) in [4.78, 5) is 9.08. The molecule has 1 aliphatic rings. The maximum absolute atomic E-state index is 13.7. The van der Waals surface area contributed by atoms with Gasteiger partial charge >= 0.3 is 0 Å². The molecule has 1 unspecified atom stereocenters. The van der Waals surface area contributed by atoms with Gasteiger partial charge in [-0.1, -0.05) is 23.7 Å². The fourth-order valence-electron chi connectivity index (χ4n) is 4.67. The summed E-state index contributed by atoms with van der Waals surface area (Å²) in [6.07, 6.45) is 7.89. The van der Waals surface area contributed by atoms with Crippen molar-refractivity contribution in [2.45, 2.75) is 31.8 Å². The number of methoxy groups -OCH3 is 2. The van der Waals surface area contributed by atoms with Gasteiger partial charge in [0.05, 0.1) is 32.1 Å². The number of halogens is 2. The average Bonchev–Trinajstić information content (AvgIpc) is 3.63. The van der Waals surface area contributed by atoms with Gasteiger partial charge in [-0.25, -0.2) is 14.4 Å². The Morgan fingerprint density at radius 3 is 2.62 bits per heavy atom. The molecule has 1 fully saturated rings. The molecule has 0 aliphatic heterocycles. The van der Waals surface area contributed by atoms with Crippen molar-refractivity contribution < 1.29 is 13.9 Å². The summed E-state index contributed by atoms with van der Waals surface area (Å²) in [6, 6.07) is 15.0. The minimum absolute atomic E-state index is 0.0682. The van der Waals surface area contributed by atoms with Crippen LogP contribution in [0.15, 0.2) is 67.3 Å². The Bertz CT molecular complexity index is 1360. The standard InChI is InChI=1S/C29H30ClFN4O2/c1-36-27-10-9-26(34-29(27)21-7-8-25(31)24(30)14-21)23(20-5-6-20)16-33-15-19-3-4-22(28(13-19)37-2)17-35-12-11-32-18-35/h3-4,7-14,18,20,23,33H,5-6,15-17H2,1-2H3. The van der Waals surface area contributed by atoms with Crippen LogP contribution in [0.25, 0.3) is 11.3 Å². The molecule has 6 nitrogen and oxygen atoms in total. The summed E-state index contributed by atoms with van der Waals surface area (Å²) in [7, 11) is 3.31. The summed E-state index contributed by atoms with van der Waals surface area (Å²) in [5, 5.41) is 3.70. The second-order valence-electron chi connectivity index (χ2n) is 9.37. The van der Waals surface area contributed by atoms with E-state index in [2.05, 4.69) is 28.5 Å². The monoisotopic (exact) mass is 520 g/mol. The highest BCUT2D eigenvalue weighted by Gasteiger charge is 2.33. The third-order valence-corrected chi connectivity index (χ3v) is 7.11. The molecule has 2 heterocycles. The zero-order chi connectivity index (χ0) is 25.8. The Morgan fingerprint density at radius 2 is 1.92 bits per heavy atom. The van der Waals surface area contributed by atoms with Crippen LogP contribution in [-0.2, 0) is 13.1 Å². The first-order valence-electron chi connectivity index (χ1n) is 12.4. The fourth-order valence-corrected chi connectivity index (χ4v) is 4.85. The Kier molecular flexibility index (Phi) is 7.72. The lowest BCUT2D eigenvalue weighted by Crippen LogP contribution is -2.23. The van der Waals surface area contributed by atoms with E-state index < -0.39 is 5.82 Å². The largest absolute Gasteiger partial charge is 0.496 e. The first kappa shape index (κ1) is 25.2. The van der Waals surface area contributed by atoms with Crippen LogP contribution in [0.3, 0.4) is 0 Å². The van der Waals surface area contributed by atoms with Crippen LogP contribution >= 0.6 is 11.6 Å². The Balaban J connectivity index is 1.30. The molecule has 5 rings (SSSR count). The molecule has 1 atom stereocenters. The Hall–Kier alpha value is -3.42. The van der Waals surface area contributed by atoms with Crippen LogP contribution in [0.1, 0.15) is 35.6 Å². The van der Waals surface area contributed by atoms with Crippen LogP contribution in [0.2, 0.25) is 5.02 Å². The third kappa shape index (κ3) is 5.95. The minimum Gasteiger partial charge on any atom is -0.496 e. The molecular weight excluding hydrogens is 491 g/mol. The minimum atomic E-state index is -0.452. The zero-order valence-electron chi connectivity index (χ0n) is 21.0. The van der Waals surface area contributed by atoms with Gasteiger partial charge in [0, 0.05) is 48.2 Å². The molecule has 192 valence electrons. The smallest absolute Gasteiger partial charge is 0.145 e. The van der Waals surface area contributed by atoms with E-state index >= 15 is 0 Å². The van der Waals surface area contributed by atoms with Crippen LogP contribution in [-0.4, -0.2) is 35.3 Å². The molecule has 0 radical (unpaired) electrons. The fraction of sp³-hybridized carbons (Fsp3) is 0.310. The van der Waals surface area contributed by atoms with Gasteiger partial charge in [0.15, 0.2) is 0 Å². The molecule has 4 aromatic rings. The van der Waals surface area contributed by atoms with Gasteiger partial charge in [-0.2, -0.15) is 0 Å². The summed E-state index contributed by atoms with van der Waals surface area (Å²) >= 11 is 6.05. The van der Waals surface area contributed by atoms with Gasteiger partial charge in [0.1, 0.15) is 23.0 Å². The van der Waals surface area contributed by atoms with E-state index in [0.29, 0.717) is 23.9 Å². The number of nitrogens with one attached hydrogen (secondary N) is 1. The lowest BCUT2D eigenvalue weighted by atomic mass is 9.97. The molecule has 2 aromatic carbocycles. The molecule has 0 spiro atoms. The predicted octanol–water partition coefficient (Wildman–Crippen LogP) is 6.09. The summed E-state index contributed by atoms with van der Waals surface area (Å²) in [5.41, 5.74) is 4.67. The van der Waals surface area contributed by atoms with Crippen molar-refractivity contribution in [3.05, 3.63) is 94.9 Å². The van der Waals surface area contributed by atoms with E-state index in [9.17, 15) is 4.39 Å². The molecule has 0 saturated heterocycles.